The minimum atomic E-state index is 0.592. The van der Waals surface area contributed by atoms with E-state index in [1.54, 1.807) is 0 Å². The van der Waals surface area contributed by atoms with Crippen LogP contribution in [-0.2, 0) is 0 Å². The van der Waals surface area contributed by atoms with E-state index in [1.807, 2.05) is 78.9 Å². The number of rotatable bonds is 8. The van der Waals surface area contributed by atoms with E-state index in [0.717, 1.165) is 111 Å². The molecule has 0 aliphatic rings. The van der Waals surface area contributed by atoms with Crippen molar-refractivity contribution in [2.24, 2.45) is 0 Å². The molecular formula is C69H42N4O2. The molecule has 0 unspecified atom stereocenters. The standard InChI is InChI=1S/C69H42N4O2/c1-4-18-43(19-5-1)46-34-36-60-57(40-46)52-28-10-13-31-59(52)73(60)66-51(35-37-63-65(66)54-30-12-15-33-62(54)74-63)47-24-16-25-48(38-47)55-41-58-53-29-11-14-32-61(53)75-64(58)42-56(55)49-26-17-27-50(39-49)69-71-67(44-20-6-2-7-21-44)70-68(72-69)45-22-8-3-9-23-45/h1-42H. The molecule has 4 heterocycles. The summed E-state index contributed by atoms with van der Waals surface area (Å²) in [6, 6.07) is 89.5. The van der Waals surface area contributed by atoms with Crippen LogP contribution in [0.15, 0.2) is 264 Å². The van der Waals surface area contributed by atoms with Crippen LogP contribution < -0.4 is 0 Å². The average molecular weight is 959 g/mol. The van der Waals surface area contributed by atoms with Gasteiger partial charge in [0.15, 0.2) is 17.5 Å². The van der Waals surface area contributed by atoms with E-state index in [0.29, 0.717) is 17.5 Å². The number of nitrogens with zero attached hydrogens (tertiary/aromatic N) is 4. The highest BCUT2D eigenvalue weighted by molar-refractivity contribution is 6.17. The minimum absolute atomic E-state index is 0.592. The summed E-state index contributed by atoms with van der Waals surface area (Å²) in [4.78, 5) is 15.2. The molecule has 15 rings (SSSR count). The summed E-state index contributed by atoms with van der Waals surface area (Å²) >= 11 is 0. The number of furan rings is 2. The van der Waals surface area contributed by atoms with Gasteiger partial charge in [-0.2, -0.15) is 0 Å². The molecule has 0 saturated carbocycles. The van der Waals surface area contributed by atoms with Crippen molar-refractivity contribution in [1.82, 2.24) is 19.5 Å². The lowest BCUT2D eigenvalue weighted by atomic mass is 9.90. The molecular weight excluding hydrogens is 917 g/mol. The summed E-state index contributed by atoms with van der Waals surface area (Å²) in [6.45, 7) is 0. The van der Waals surface area contributed by atoms with Gasteiger partial charge in [0, 0.05) is 49.2 Å². The van der Waals surface area contributed by atoms with E-state index in [2.05, 4.69) is 180 Å². The second-order valence-electron chi connectivity index (χ2n) is 19.1. The summed E-state index contributed by atoms with van der Waals surface area (Å²) < 4.78 is 15.8. The van der Waals surface area contributed by atoms with E-state index < -0.39 is 0 Å². The second kappa shape index (κ2) is 17.3. The Morgan fingerprint density at radius 2 is 0.747 bits per heavy atom. The maximum Gasteiger partial charge on any atom is 0.164 e. The zero-order chi connectivity index (χ0) is 49.4. The first-order valence-corrected chi connectivity index (χ1v) is 25.2. The largest absolute Gasteiger partial charge is 0.456 e. The van der Waals surface area contributed by atoms with Crippen LogP contribution in [0.25, 0.3) is 150 Å². The molecule has 0 N–H and O–H groups in total. The van der Waals surface area contributed by atoms with Crippen LogP contribution in [0.4, 0.5) is 0 Å². The maximum absolute atomic E-state index is 6.67. The first-order valence-electron chi connectivity index (χ1n) is 25.2. The highest BCUT2D eigenvalue weighted by Crippen LogP contribution is 2.46. The normalized spacial score (nSPS) is 11.7. The van der Waals surface area contributed by atoms with Crippen molar-refractivity contribution in [2.75, 3.05) is 0 Å². The molecule has 0 fully saturated rings. The number of hydrogen-bond donors (Lipinski definition) is 0. The van der Waals surface area contributed by atoms with Gasteiger partial charge in [-0.05, 0) is 106 Å². The van der Waals surface area contributed by atoms with Gasteiger partial charge in [0.1, 0.15) is 22.3 Å². The highest BCUT2D eigenvalue weighted by atomic mass is 16.3. The van der Waals surface area contributed by atoms with E-state index in [4.69, 9.17) is 23.8 Å². The lowest BCUT2D eigenvalue weighted by Gasteiger charge is -2.17. The predicted octanol–water partition coefficient (Wildman–Crippen LogP) is 18.4. The fraction of sp³-hybridized carbons (Fsp3) is 0. The quantitative estimate of drug-likeness (QED) is 0.152. The average Bonchev–Trinajstić information content (AvgIpc) is 4.17. The highest BCUT2D eigenvalue weighted by Gasteiger charge is 2.24. The molecule has 350 valence electrons. The van der Waals surface area contributed by atoms with Crippen molar-refractivity contribution in [3.63, 3.8) is 0 Å². The third kappa shape index (κ3) is 7.14. The van der Waals surface area contributed by atoms with Gasteiger partial charge in [0.2, 0.25) is 0 Å². The third-order valence-corrected chi connectivity index (χ3v) is 14.7. The molecule has 0 saturated heterocycles. The first-order chi connectivity index (χ1) is 37.2. The Balaban J connectivity index is 0.946. The van der Waals surface area contributed by atoms with Gasteiger partial charge >= 0.3 is 0 Å². The molecule has 0 radical (unpaired) electrons. The predicted molar refractivity (Wildman–Crippen MR) is 307 cm³/mol. The molecule has 0 aliphatic carbocycles. The molecule has 0 amide bonds. The van der Waals surface area contributed by atoms with Crippen LogP contribution in [-0.4, -0.2) is 19.5 Å². The lowest BCUT2D eigenvalue weighted by Crippen LogP contribution is -2.00. The molecule has 0 spiro atoms. The van der Waals surface area contributed by atoms with Crippen LogP contribution in [0.2, 0.25) is 0 Å². The van der Waals surface area contributed by atoms with Crippen LogP contribution in [0.5, 0.6) is 0 Å². The molecule has 0 bridgehead atoms. The van der Waals surface area contributed by atoms with Crippen LogP contribution in [0.1, 0.15) is 0 Å². The molecule has 0 aliphatic heterocycles. The van der Waals surface area contributed by atoms with Gasteiger partial charge in [-0.1, -0.05) is 188 Å². The van der Waals surface area contributed by atoms with Gasteiger partial charge in [-0.15, -0.1) is 0 Å². The summed E-state index contributed by atoms with van der Waals surface area (Å²) in [5.41, 5.74) is 18.1. The van der Waals surface area contributed by atoms with Crippen molar-refractivity contribution < 1.29 is 8.83 Å². The van der Waals surface area contributed by atoms with Crippen LogP contribution >= 0.6 is 0 Å². The molecule has 0 atom stereocenters. The second-order valence-corrected chi connectivity index (χ2v) is 19.1. The molecule has 4 aromatic heterocycles. The van der Waals surface area contributed by atoms with Crippen molar-refractivity contribution in [1.29, 1.82) is 0 Å². The van der Waals surface area contributed by atoms with E-state index in [1.165, 1.54) is 21.9 Å². The van der Waals surface area contributed by atoms with E-state index in [9.17, 15) is 0 Å². The Kier molecular flexibility index (Phi) is 9.78. The minimum Gasteiger partial charge on any atom is -0.456 e. The lowest BCUT2D eigenvalue weighted by molar-refractivity contribution is 0.668. The number of para-hydroxylation sites is 3. The molecule has 6 nitrogen and oxygen atoms in total. The zero-order valence-electron chi connectivity index (χ0n) is 40.4. The van der Waals surface area contributed by atoms with Gasteiger partial charge in [0.25, 0.3) is 0 Å². The number of aromatic nitrogens is 4. The Hall–Kier alpha value is -10.2. The Bertz CT molecular complexity index is 4650. The SMILES string of the molecule is c1ccc(-c2ccc3c(c2)c2ccccc2n3-c2c(-c3cccc(-c4cc5c(cc4-c4cccc(-c6nc(-c7ccccc7)nc(-c7ccccc7)n6)c4)oc4ccccc45)c3)ccc3oc4ccccc4c23)cc1. The maximum atomic E-state index is 6.67. The molecule has 6 heteroatoms. The smallest absolute Gasteiger partial charge is 0.164 e. The molecule has 11 aromatic carbocycles. The van der Waals surface area contributed by atoms with Gasteiger partial charge in [-0.3, -0.25) is 0 Å². The summed E-state index contributed by atoms with van der Waals surface area (Å²) in [7, 11) is 0. The van der Waals surface area contributed by atoms with Crippen molar-refractivity contribution in [3.8, 4) is 84.4 Å². The number of fused-ring (bicyclic) bond motifs is 9. The van der Waals surface area contributed by atoms with Crippen molar-refractivity contribution >= 4 is 65.7 Å². The Morgan fingerprint density at radius 3 is 1.44 bits per heavy atom. The Morgan fingerprint density at radius 1 is 0.253 bits per heavy atom. The zero-order valence-corrected chi connectivity index (χ0v) is 40.4. The molecule has 15 aromatic rings. The van der Waals surface area contributed by atoms with Gasteiger partial charge in [-0.25, -0.2) is 15.0 Å². The summed E-state index contributed by atoms with van der Waals surface area (Å²) in [6.07, 6.45) is 0. The third-order valence-electron chi connectivity index (χ3n) is 14.7. The van der Waals surface area contributed by atoms with E-state index in [-0.39, 0.29) is 0 Å². The number of benzene rings is 11. The van der Waals surface area contributed by atoms with E-state index >= 15 is 0 Å². The number of hydrogen-bond acceptors (Lipinski definition) is 5. The van der Waals surface area contributed by atoms with Gasteiger partial charge < -0.3 is 13.4 Å². The summed E-state index contributed by atoms with van der Waals surface area (Å²) in [5, 5.41) is 6.63. The fourth-order valence-electron chi connectivity index (χ4n) is 11.2. The Labute approximate surface area is 431 Å². The first kappa shape index (κ1) is 42.5. The van der Waals surface area contributed by atoms with Gasteiger partial charge in [0.05, 0.1) is 22.1 Å². The van der Waals surface area contributed by atoms with Crippen LogP contribution in [0.3, 0.4) is 0 Å². The monoisotopic (exact) mass is 958 g/mol. The fourth-order valence-corrected chi connectivity index (χ4v) is 11.2. The van der Waals surface area contributed by atoms with Crippen molar-refractivity contribution in [2.45, 2.75) is 0 Å². The van der Waals surface area contributed by atoms with Crippen molar-refractivity contribution in [3.05, 3.63) is 255 Å². The molecule has 75 heavy (non-hydrogen) atoms. The summed E-state index contributed by atoms with van der Waals surface area (Å²) in [5.74, 6) is 1.82. The van der Waals surface area contributed by atoms with Crippen LogP contribution in [0, 0.1) is 0 Å². The topological polar surface area (TPSA) is 69.9 Å².